The quantitative estimate of drug-likeness (QED) is 0.630. The highest BCUT2D eigenvalue weighted by molar-refractivity contribution is 7.10. The molecule has 2 aliphatic rings. The second kappa shape index (κ2) is 7.72. The van der Waals surface area contributed by atoms with Gasteiger partial charge >= 0.3 is 0 Å². The number of piperidine rings is 1. The third kappa shape index (κ3) is 3.49. The molecule has 2 saturated heterocycles. The van der Waals surface area contributed by atoms with Crippen LogP contribution in [0.15, 0.2) is 46.3 Å². The van der Waals surface area contributed by atoms with Crippen molar-refractivity contribution in [2.45, 2.75) is 44.1 Å². The van der Waals surface area contributed by atoms with Crippen LogP contribution in [-0.4, -0.2) is 29.3 Å². The molecule has 2 aliphatic heterocycles. The lowest BCUT2D eigenvalue weighted by Crippen LogP contribution is -2.42. The number of amides is 1. The van der Waals surface area contributed by atoms with Crippen LogP contribution in [0.5, 0.6) is 0 Å². The molecule has 7 heteroatoms. The number of thiophene rings is 1. The molecule has 0 aliphatic carbocycles. The average molecular weight is 410 g/mol. The molecule has 0 radical (unpaired) electrons. The first-order valence-electron chi connectivity index (χ1n) is 10.0. The zero-order valence-electron chi connectivity index (χ0n) is 16.3. The lowest BCUT2D eigenvalue weighted by Gasteiger charge is -2.39. The predicted molar refractivity (Wildman–Crippen MR) is 110 cm³/mol. The molecule has 150 valence electrons. The first kappa shape index (κ1) is 18.5. The van der Waals surface area contributed by atoms with Gasteiger partial charge in [0, 0.05) is 29.5 Å². The Morgan fingerprint density at radius 3 is 2.76 bits per heavy atom. The summed E-state index contributed by atoms with van der Waals surface area (Å²) < 4.78 is 11.2. The summed E-state index contributed by atoms with van der Waals surface area (Å²) in [6, 6.07) is 12.1. The van der Waals surface area contributed by atoms with Gasteiger partial charge in [0.15, 0.2) is 5.82 Å². The van der Waals surface area contributed by atoms with E-state index in [1.165, 1.54) is 5.56 Å². The highest BCUT2D eigenvalue weighted by atomic mass is 32.1. The van der Waals surface area contributed by atoms with Gasteiger partial charge in [-0.2, -0.15) is 4.98 Å². The monoisotopic (exact) mass is 409 g/mol. The van der Waals surface area contributed by atoms with Crippen molar-refractivity contribution in [2.24, 2.45) is 0 Å². The summed E-state index contributed by atoms with van der Waals surface area (Å²) in [6.45, 7) is 3.44. The van der Waals surface area contributed by atoms with E-state index >= 15 is 0 Å². The number of aromatic nitrogens is 2. The van der Waals surface area contributed by atoms with E-state index in [1.807, 2.05) is 47.5 Å². The molecule has 1 aromatic carbocycles. The van der Waals surface area contributed by atoms with Gasteiger partial charge in [-0.1, -0.05) is 28.9 Å². The van der Waals surface area contributed by atoms with Crippen molar-refractivity contribution < 1.29 is 14.1 Å². The minimum Gasteiger partial charge on any atom is -0.381 e. The SMILES string of the molecule is Cc1ccc(N2C(=O)CC[C@H](c3nc([C@@H]4CCOC4)no3)[C@H]2c2cccs2)cc1. The molecule has 2 aromatic heterocycles. The molecule has 0 unspecified atom stereocenters. The van der Waals surface area contributed by atoms with Crippen molar-refractivity contribution in [1.29, 1.82) is 0 Å². The number of benzene rings is 1. The lowest BCUT2D eigenvalue weighted by molar-refractivity contribution is -0.120. The van der Waals surface area contributed by atoms with Crippen molar-refractivity contribution in [3.63, 3.8) is 0 Å². The molecule has 1 amide bonds. The molecule has 3 atom stereocenters. The van der Waals surface area contributed by atoms with Gasteiger partial charge in [0.2, 0.25) is 11.8 Å². The Morgan fingerprint density at radius 1 is 1.17 bits per heavy atom. The van der Waals surface area contributed by atoms with Crippen molar-refractivity contribution in [1.82, 2.24) is 10.1 Å². The molecule has 4 heterocycles. The van der Waals surface area contributed by atoms with Crippen LogP contribution in [0.1, 0.15) is 59.3 Å². The molecular formula is C22H23N3O3S. The summed E-state index contributed by atoms with van der Waals surface area (Å²) >= 11 is 1.66. The smallest absolute Gasteiger partial charge is 0.232 e. The third-order valence-corrected chi connectivity index (χ3v) is 6.76. The summed E-state index contributed by atoms with van der Waals surface area (Å²) in [5.74, 6) is 1.64. The Morgan fingerprint density at radius 2 is 2.03 bits per heavy atom. The van der Waals surface area contributed by atoms with E-state index in [4.69, 9.17) is 14.2 Å². The van der Waals surface area contributed by atoms with E-state index in [0.29, 0.717) is 25.3 Å². The second-order valence-electron chi connectivity index (χ2n) is 7.76. The number of rotatable bonds is 4. The fourth-order valence-electron chi connectivity index (χ4n) is 4.25. The number of nitrogens with zero attached hydrogens (tertiary/aromatic N) is 3. The van der Waals surface area contributed by atoms with E-state index in [2.05, 4.69) is 11.2 Å². The highest BCUT2D eigenvalue weighted by Gasteiger charge is 2.42. The summed E-state index contributed by atoms with van der Waals surface area (Å²) in [7, 11) is 0. The van der Waals surface area contributed by atoms with Gasteiger partial charge in [0.25, 0.3) is 0 Å². The Labute approximate surface area is 173 Å². The Kier molecular flexibility index (Phi) is 4.93. The molecule has 3 aromatic rings. The fourth-order valence-corrected chi connectivity index (χ4v) is 5.13. The molecule has 2 fully saturated rings. The van der Waals surface area contributed by atoms with E-state index < -0.39 is 0 Å². The van der Waals surface area contributed by atoms with Crippen molar-refractivity contribution >= 4 is 22.9 Å². The summed E-state index contributed by atoms with van der Waals surface area (Å²) in [6.07, 6.45) is 2.09. The second-order valence-corrected chi connectivity index (χ2v) is 8.74. The van der Waals surface area contributed by atoms with Crippen LogP contribution in [0.25, 0.3) is 0 Å². The number of hydrogen-bond acceptors (Lipinski definition) is 6. The molecule has 0 spiro atoms. The van der Waals surface area contributed by atoms with Crippen LogP contribution in [-0.2, 0) is 9.53 Å². The number of ether oxygens (including phenoxy) is 1. The van der Waals surface area contributed by atoms with Crippen LogP contribution in [0, 0.1) is 6.92 Å². The van der Waals surface area contributed by atoms with Gasteiger partial charge in [-0.25, -0.2) is 0 Å². The van der Waals surface area contributed by atoms with Crippen molar-refractivity contribution in [3.05, 3.63) is 63.9 Å². The largest absolute Gasteiger partial charge is 0.381 e. The average Bonchev–Trinajstić information content (AvgIpc) is 3.50. The van der Waals surface area contributed by atoms with Gasteiger partial charge in [-0.15, -0.1) is 11.3 Å². The maximum Gasteiger partial charge on any atom is 0.232 e. The van der Waals surface area contributed by atoms with Gasteiger partial charge < -0.3 is 14.2 Å². The predicted octanol–water partition coefficient (Wildman–Crippen LogP) is 4.60. The molecule has 6 nitrogen and oxygen atoms in total. The Hall–Kier alpha value is -2.51. The Balaban J connectivity index is 1.54. The summed E-state index contributed by atoms with van der Waals surface area (Å²) in [5.41, 5.74) is 2.08. The zero-order valence-corrected chi connectivity index (χ0v) is 17.1. The van der Waals surface area contributed by atoms with Gasteiger partial charge in [-0.3, -0.25) is 4.79 Å². The molecule has 0 saturated carbocycles. The first-order chi connectivity index (χ1) is 14.2. The van der Waals surface area contributed by atoms with Crippen LogP contribution >= 0.6 is 11.3 Å². The van der Waals surface area contributed by atoms with Crippen LogP contribution in [0.4, 0.5) is 5.69 Å². The lowest BCUT2D eigenvalue weighted by atomic mass is 9.87. The Bertz CT molecular complexity index is 977. The van der Waals surface area contributed by atoms with Crippen LogP contribution in [0.2, 0.25) is 0 Å². The number of hydrogen-bond donors (Lipinski definition) is 0. The molecular weight excluding hydrogens is 386 g/mol. The van der Waals surface area contributed by atoms with Crippen molar-refractivity contribution in [2.75, 3.05) is 18.1 Å². The topological polar surface area (TPSA) is 68.5 Å². The maximum atomic E-state index is 13.0. The van der Waals surface area contributed by atoms with Gasteiger partial charge in [0.1, 0.15) is 0 Å². The van der Waals surface area contributed by atoms with E-state index in [1.54, 1.807) is 11.3 Å². The fraction of sp³-hybridized carbons (Fsp3) is 0.409. The third-order valence-electron chi connectivity index (χ3n) is 5.81. The van der Waals surface area contributed by atoms with E-state index in [-0.39, 0.29) is 23.8 Å². The molecule has 5 rings (SSSR count). The normalized spacial score (nSPS) is 24.9. The van der Waals surface area contributed by atoms with E-state index in [9.17, 15) is 4.79 Å². The van der Waals surface area contributed by atoms with E-state index in [0.717, 1.165) is 29.4 Å². The standard InChI is InChI=1S/C22H23N3O3S/c1-14-4-6-16(7-5-14)25-19(26)9-8-17(20(25)18-3-2-12-29-18)22-23-21(24-28-22)15-10-11-27-13-15/h2-7,12,15,17,20H,8-11,13H2,1H3/t15-,17+,20+/m1/s1. The van der Waals surface area contributed by atoms with Crippen molar-refractivity contribution in [3.8, 4) is 0 Å². The number of carbonyl (C=O) groups excluding carboxylic acids is 1. The van der Waals surface area contributed by atoms with Gasteiger partial charge in [0.05, 0.1) is 18.6 Å². The number of aryl methyl sites for hydroxylation is 1. The highest BCUT2D eigenvalue weighted by Crippen LogP contribution is 2.46. The first-order valence-corrected chi connectivity index (χ1v) is 10.9. The molecule has 0 N–H and O–H groups in total. The minimum absolute atomic E-state index is 0.0313. The number of carbonyl (C=O) groups is 1. The zero-order chi connectivity index (χ0) is 19.8. The van der Waals surface area contributed by atoms with Gasteiger partial charge in [-0.05, 0) is 43.3 Å². The minimum atomic E-state index is -0.146. The van der Waals surface area contributed by atoms with Crippen LogP contribution in [0.3, 0.4) is 0 Å². The molecule has 29 heavy (non-hydrogen) atoms. The number of anilines is 1. The molecule has 0 bridgehead atoms. The van der Waals surface area contributed by atoms with Crippen LogP contribution < -0.4 is 4.90 Å². The summed E-state index contributed by atoms with van der Waals surface area (Å²) in [5, 5.41) is 6.30. The maximum absolute atomic E-state index is 13.0. The summed E-state index contributed by atoms with van der Waals surface area (Å²) in [4.78, 5) is 20.8.